The van der Waals surface area contributed by atoms with Gasteiger partial charge in [-0.2, -0.15) is 0 Å². The average molecular weight is 331 g/mol. The number of esters is 1. The topological polar surface area (TPSA) is 72.5 Å². The summed E-state index contributed by atoms with van der Waals surface area (Å²) in [5.74, 6) is -1.73. The van der Waals surface area contributed by atoms with Crippen molar-refractivity contribution < 1.29 is 19.1 Å². The Bertz CT molecular complexity index is 721. The van der Waals surface area contributed by atoms with Crippen molar-refractivity contribution in [3.05, 3.63) is 57.3 Å². The van der Waals surface area contributed by atoms with E-state index < -0.39 is 24.4 Å². The summed E-state index contributed by atoms with van der Waals surface area (Å²) in [4.78, 5) is 37.0. The van der Waals surface area contributed by atoms with Crippen molar-refractivity contribution in [2.45, 2.75) is 20.3 Å². The van der Waals surface area contributed by atoms with Gasteiger partial charge in [-0.15, -0.1) is 11.3 Å². The SMILES string of the molecule is CCc1sc(C(=O)OCC(=O)NC(=O)c2ccccc2)cc1C. The van der Waals surface area contributed by atoms with Crippen LogP contribution in [-0.2, 0) is 16.0 Å². The molecule has 2 amide bonds. The lowest BCUT2D eigenvalue weighted by molar-refractivity contribution is -0.123. The standard InChI is InChI=1S/C17H17NO4S/c1-3-13-11(2)9-14(23-13)17(21)22-10-15(19)18-16(20)12-7-5-4-6-8-12/h4-9H,3,10H2,1-2H3,(H,18,19,20). The third-order valence-electron chi connectivity index (χ3n) is 3.17. The zero-order chi connectivity index (χ0) is 16.8. The van der Waals surface area contributed by atoms with E-state index in [1.165, 1.54) is 11.3 Å². The van der Waals surface area contributed by atoms with Crippen molar-refractivity contribution in [3.63, 3.8) is 0 Å². The zero-order valence-corrected chi connectivity index (χ0v) is 13.7. The number of amides is 2. The Balaban J connectivity index is 1.86. The second-order valence-electron chi connectivity index (χ2n) is 4.89. The average Bonchev–Trinajstić information content (AvgIpc) is 2.94. The van der Waals surface area contributed by atoms with E-state index in [1.807, 2.05) is 13.8 Å². The molecule has 0 atom stereocenters. The number of thiophene rings is 1. The van der Waals surface area contributed by atoms with Gasteiger partial charge >= 0.3 is 5.97 Å². The van der Waals surface area contributed by atoms with E-state index in [2.05, 4.69) is 5.32 Å². The van der Waals surface area contributed by atoms with Crippen LogP contribution in [0.15, 0.2) is 36.4 Å². The number of hydrogen-bond acceptors (Lipinski definition) is 5. The molecule has 0 fully saturated rings. The summed E-state index contributed by atoms with van der Waals surface area (Å²) in [6.45, 7) is 3.45. The molecular formula is C17H17NO4S. The summed E-state index contributed by atoms with van der Waals surface area (Å²) >= 11 is 1.36. The van der Waals surface area contributed by atoms with Crippen molar-refractivity contribution in [1.82, 2.24) is 5.32 Å². The number of aryl methyl sites for hydroxylation is 2. The van der Waals surface area contributed by atoms with E-state index >= 15 is 0 Å². The van der Waals surface area contributed by atoms with Gasteiger partial charge < -0.3 is 4.74 Å². The molecule has 120 valence electrons. The van der Waals surface area contributed by atoms with E-state index in [4.69, 9.17) is 4.74 Å². The van der Waals surface area contributed by atoms with E-state index in [0.717, 1.165) is 16.9 Å². The minimum absolute atomic E-state index is 0.369. The summed E-state index contributed by atoms with van der Waals surface area (Å²) in [5.41, 5.74) is 1.40. The molecule has 23 heavy (non-hydrogen) atoms. The molecule has 2 aromatic rings. The molecule has 0 spiro atoms. The maximum atomic E-state index is 11.9. The van der Waals surface area contributed by atoms with Crippen molar-refractivity contribution in [2.75, 3.05) is 6.61 Å². The Morgan fingerprint density at radius 3 is 2.48 bits per heavy atom. The minimum atomic E-state index is -0.656. The molecule has 0 bridgehead atoms. The molecule has 0 saturated carbocycles. The Morgan fingerprint density at radius 1 is 1.17 bits per heavy atom. The maximum absolute atomic E-state index is 11.9. The number of imide groups is 1. The number of hydrogen-bond donors (Lipinski definition) is 1. The summed E-state index contributed by atoms with van der Waals surface area (Å²) < 4.78 is 4.95. The van der Waals surface area contributed by atoms with Crippen molar-refractivity contribution in [3.8, 4) is 0 Å². The fourth-order valence-electron chi connectivity index (χ4n) is 2.00. The number of ether oxygens (including phenoxy) is 1. The first kappa shape index (κ1) is 16.9. The monoisotopic (exact) mass is 331 g/mol. The minimum Gasteiger partial charge on any atom is -0.451 e. The van der Waals surface area contributed by atoms with Gasteiger partial charge in [0.05, 0.1) is 0 Å². The Morgan fingerprint density at radius 2 is 1.87 bits per heavy atom. The smallest absolute Gasteiger partial charge is 0.348 e. The molecule has 0 unspecified atom stereocenters. The molecule has 5 nitrogen and oxygen atoms in total. The molecule has 1 N–H and O–H groups in total. The molecule has 1 aromatic carbocycles. The van der Waals surface area contributed by atoms with E-state index in [9.17, 15) is 14.4 Å². The lowest BCUT2D eigenvalue weighted by atomic mass is 10.2. The van der Waals surface area contributed by atoms with Gasteiger partial charge in [0.1, 0.15) is 4.88 Å². The lowest BCUT2D eigenvalue weighted by Gasteiger charge is -2.05. The number of carbonyl (C=O) groups excluding carboxylic acids is 3. The number of benzene rings is 1. The molecule has 0 saturated heterocycles. The Kier molecular flexibility index (Phi) is 5.65. The third-order valence-corrected chi connectivity index (χ3v) is 4.53. The lowest BCUT2D eigenvalue weighted by Crippen LogP contribution is -2.34. The van der Waals surface area contributed by atoms with E-state index in [-0.39, 0.29) is 0 Å². The third kappa shape index (κ3) is 4.50. The van der Waals surface area contributed by atoms with Gasteiger partial charge in [0, 0.05) is 10.4 Å². The molecule has 0 aliphatic rings. The number of nitrogens with one attached hydrogen (secondary N) is 1. The Labute approximate surface area is 138 Å². The van der Waals surface area contributed by atoms with Gasteiger partial charge in [-0.05, 0) is 37.1 Å². The highest BCUT2D eigenvalue weighted by Gasteiger charge is 2.16. The summed E-state index contributed by atoms with van der Waals surface area (Å²) in [7, 11) is 0. The van der Waals surface area contributed by atoms with E-state index in [0.29, 0.717) is 10.4 Å². The van der Waals surface area contributed by atoms with Crippen LogP contribution >= 0.6 is 11.3 Å². The number of rotatable bonds is 5. The molecule has 0 radical (unpaired) electrons. The van der Waals surface area contributed by atoms with Crippen LogP contribution in [-0.4, -0.2) is 24.4 Å². The van der Waals surface area contributed by atoms with Gasteiger partial charge in [-0.3, -0.25) is 14.9 Å². The van der Waals surface area contributed by atoms with Gasteiger partial charge in [0.2, 0.25) is 0 Å². The maximum Gasteiger partial charge on any atom is 0.348 e. The Hall–Kier alpha value is -2.47. The van der Waals surface area contributed by atoms with Crippen LogP contribution in [0.3, 0.4) is 0 Å². The molecule has 0 aliphatic carbocycles. The molecule has 6 heteroatoms. The van der Waals surface area contributed by atoms with Crippen molar-refractivity contribution >= 4 is 29.1 Å². The van der Waals surface area contributed by atoms with Gasteiger partial charge in [-0.25, -0.2) is 4.79 Å². The molecule has 1 heterocycles. The van der Waals surface area contributed by atoms with Crippen LogP contribution in [0.2, 0.25) is 0 Å². The summed E-state index contributed by atoms with van der Waals surface area (Å²) in [6.07, 6.45) is 0.843. The van der Waals surface area contributed by atoms with Crippen LogP contribution in [0, 0.1) is 6.92 Å². The normalized spacial score (nSPS) is 10.2. The summed E-state index contributed by atoms with van der Waals surface area (Å²) in [6, 6.07) is 10.1. The zero-order valence-electron chi connectivity index (χ0n) is 12.9. The molecule has 0 aliphatic heterocycles. The van der Waals surface area contributed by atoms with Crippen LogP contribution in [0.1, 0.15) is 37.4 Å². The predicted molar refractivity (Wildman–Crippen MR) is 87.6 cm³/mol. The fourth-order valence-corrected chi connectivity index (χ4v) is 3.01. The van der Waals surface area contributed by atoms with E-state index in [1.54, 1.807) is 36.4 Å². The molecule has 2 rings (SSSR count). The summed E-state index contributed by atoms with van der Waals surface area (Å²) in [5, 5.41) is 2.18. The van der Waals surface area contributed by atoms with Crippen LogP contribution in [0.4, 0.5) is 0 Å². The highest BCUT2D eigenvalue weighted by molar-refractivity contribution is 7.14. The first-order valence-electron chi connectivity index (χ1n) is 7.17. The van der Waals surface area contributed by atoms with Gasteiger partial charge in [0.15, 0.2) is 6.61 Å². The number of carbonyl (C=O) groups is 3. The molecular weight excluding hydrogens is 314 g/mol. The van der Waals surface area contributed by atoms with Crippen LogP contribution in [0.25, 0.3) is 0 Å². The second kappa shape index (κ2) is 7.69. The van der Waals surface area contributed by atoms with Crippen LogP contribution < -0.4 is 5.32 Å². The molecule has 1 aromatic heterocycles. The predicted octanol–water partition coefficient (Wildman–Crippen LogP) is 2.73. The quantitative estimate of drug-likeness (QED) is 0.855. The fraction of sp³-hybridized carbons (Fsp3) is 0.235. The first-order valence-corrected chi connectivity index (χ1v) is 7.98. The van der Waals surface area contributed by atoms with Gasteiger partial charge in [0.25, 0.3) is 11.8 Å². The second-order valence-corrected chi connectivity index (χ2v) is 6.03. The largest absolute Gasteiger partial charge is 0.451 e. The highest BCUT2D eigenvalue weighted by atomic mass is 32.1. The highest BCUT2D eigenvalue weighted by Crippen LogP contribution is 2.22. The van der Waals surface area contributed by atoms with Crippen molar-refractivity contribution in [1.29, 1.82) is 0 Å². The first-order chi connectivity index (χ1) is 11.0. The van der Waals surface area contributed by atoms with Crippen molar-refractivity contribution in [2.24, 2.45) is 0 Å². The van der Waals surface area contributed by atoms with Crippen LogP contribution in [0.5, 0.6) is 0 Å². The van der Waals surface area contributed by atoms with Gasteiger partial charge in [-0.1, -0.05) is 25.1 Å².